The van der Waals surface area contributed by atoms with Crippen LogP contribution in [0.1, 0.15) is 29.8 Å². The quantitative estimate of drug-likeness (QED) is 0.409. The number of pyridine rings is 1. The second kappa shape index (κ2) is 9.21. The van der Waals surface area contributed by atoms with Crippen molar-refractivity contribution in [2.24, 2.45) is 5.10 Å². The zero-order chi connectivity index (χ0) is 17.4. The first-order chi connectivity index (χ1) is 11.7. The lowest BCUT2D eigenvalue weighted by Crippen LogP contribution is -2.17. The number of rotatable bonds is 7. The third-order valence-corrected chi connectivity index (χ3v) is 3.74. The van der Waals surface area contributed by atoms with Gasteiger partial charge in [0.2, 0.25) is 0 Å². The van der Waals surface area contributed by atoms with Crippen LogP contribution in [0.3, 0.4) is 0 Å². The SMILES string of the molecule is CCOc1cc(/C=N/NC(=O)c2ccncc2)cc(I)c1OCC. The fourth-order valence-electron chi connectivity index (χ4n) is 1.94. The molecule has 1 N–H and O–H groups in total. The van der Waals surface area contributed by atoms with E-state index < -0.39 is 0 Å². The summed E-state index contributed by atoms with van der Waals surface area (Å²) in [6.45, 7) is 4.94. The fourth-order valence-corrected chi connectivity index (χ4v) is 2.72. The Bertz CT molecular complexity index is 721. The van der Waals surface area contributed by atoms with E-state index in [1.807, 2.05) is 26.0 Å². The first-order valence-corrected chi connectivity index (χ1v) is 8.56. The second-order valence-electron chi connectivity index (χ2n) is 4.63. The van der Waals surface area contributed by atoms with Gasteiger partial charge in [-0.05, 0) is 66.3 Å². The van der Waals surface area contributed by atoms with E-state index in [4.69, 9.17) is 9.47 Å². The second-order valence-corrected chi connectivity index (χ2v) is 5.79. The number of carbonyl (C=O) groups is 1. The number of amides is 1. The molecule has 2 rings (SSSR count). The van der Waals surface area contributed by atoms with Crippen LogP contribution in [0.2, 0.25) is 0 Å². The summed E-state index contributed by atoms with van der Waals surface area (Å²) in [7, 11) is 0. The summed E-state index contributed by atoms with van der Waals surface area (Å²) < 4.78 is 12.2. The van der Waals surface area contributed by atoms with Gasteiger partial charge in [-0.3, -0.25) is 9.78 Å². The molecule has 0 radical (unpaired) electrons. The van der Waals surface area contributed by atoms with Crippen molar-refractivity contribution in [1.29, 1.82) is 0 Å². The summed E-state index contributed by atoms with van der Waals surface area (Å²) in [5, 5.41) is 3.99. The van der Waals surface area contributed by atoms with E-state index in [0.29, 0.717) is 24.5 Å². The number of benzene rings is 1. The van der Waals surface area contributed by atoms with E-state index in [-0.39, 0.29) is 5.91 Å². The number of nitrogens with zero attached hydrogens (tertiary/aromatic N) is 2. The summed E-state index contributed by atoms with van der Waals surface area (Å²) in [4.78, 5) is 15.8. The Morgan fingerprint density at radius 1 is 1.25 bits per heavy atom. The van der Waals surface area contributed by atoms with Crippen LogP contribution < -0.4 is 14.9 Å². The van der Waals surface area contributed by atoms with Gasteiger partial charge in [-0.1, -0.05) is 0 Å². The smallest absolute Gasteiger partial charge is 0.271 e. The molecule has 7 heteroatoms. The Balaban J connectivity index is 2.12. The molecule has 0 spiro atoms. The summed E-state index contributed by atoms with van der Waals surface area (Å²) in [6.07, 6.45) is 4.68. The van der Waals surface area contributed by atoms with E-state index in [0.717, 1.165) is 14.9 Å². The lowest BCUT2D eigenvalue weighted by molar-refractivity contribution is 0.0955. The van der Waals surface area contributed by atoms with Crippen molar-refractivity contribution in [3.63, 3.8) is 0 Å². The van der Waals surface area contributed by atoms with Crippen molar-refractivity contribution in [1.82, 2.24) is 10.4 Å². The Morgan fingerprint density at radius 3 is 2.62 bits per heavy atom. The maximum Gasteiger partial charge on any atom is 0.271 e. The van der Waals surface area contributed by atoms with Gasteiger partial charge in [-0.15, -0.1) is 0 Å². The molecule has 6 nitrogen and oxygen atoms in total. The molecular weight excluding hydrogens is 421 g/mol. The van der Waals surface area contributed by atoms with Crippen LogP contribution in [0.4, 0.5) is 0 Å². The summed E-state index contributed by atoms with van der Waals surface area (Å²) >= 11 is 2.19. The zero-order valence-corrected chi connectivity index (χ0v) is 15.6. The van der Waals surface area contributed by atoms with Gasteiger partial charge in [0, 0.05) is 18.0 Å². The minimum atomic E-state index is -0.292. The molecule has 1 amide bonds. The number of hydrazone groups is 1. The van der Waals surface area contributed by atoms with E-state index in [9.17, 15) is 4.79 Å². The van der Waals surface area contributed by atoms with E-state index >= 15 is 0 Å². The van der Waals surface area contributed by atoms with Crippen LogP contribution >= 0.6 is 22.6 Å². The van der Waals surface area contributed by atoms with Gasteiger partial charge in [0.05, 0.1) is 23.0 Å². The van der Waals surface area contributed by atoms with E-state index in [1.165, 1.54) is 0 Å². The summed E-state index contributed by atoms with van der Waals surface area (Å²) in [5.74, 6) is 1.09. The minimum absolute atomic E-state index is 0.292. The highest BCUT2D eigenvalue weighted by molar-refractivity contribution is 14.1. The van der Waals surface area contributed by atoms with Gasteiger partial charge in [0.1, 0.15) is 0 Å². The molecule has 1 aromatic heterocycles. The Kier molecular flexibility index (Phi) is 6.98. The van der Waals surface area contributed by atoms with Crippen molar-refractivity contribution >= 4 is 34.7 Å². The van der Waals surface area contributed by atoms with Crippen LogP contribution in [-0.4, -0.2) is 30.3 Å². The van der Waals surface area contributed by atoms with Gasteiger partial charge in [0.15, 0.2) is 11.5 Å². The molecule has 0 saturated heterocycles. The Morgan fingerprint density at radius 2 is 1.96 bits per heavy atom. The fraction of sp³-hybridized carbons (Fsp3) is 0.235. The Labute approximate surface area is 154 Å². The summed E-state index contributed by atoms with van der Waals surface area (Å²) in [6, 6.07) is 6.99. The molecule has 0 aliphatic carbocycles. The lowest BCUT2D eigenvalue weighted by Gasteiger charge is -2.13. The summed E-state index contributed by atoms with van der Waals surface area (Å²) in [5.41, 5.74) is 3.79. The first-order valence-electron chi connectivity index (χ1n) is 7.48. The van der Waals surface area contributed by atoms with Gasteiger partial charge in [0.25, 0.3) is 5.91 Å². The van der Waals surface area contributed by atoms with E-state index in [1.54, 1.807) is 30.7 Å². The third kappa shape index (κ3) is 4.92. The minimum Gasteiger partial charge on any atom is -0.490 e. The molecule has 0 fully saturated rings. The number of aromatic nitrogens is 1. The van der Waals surface area contributed by atoms with Gasteiger partial charge < -0.3 is 9.47 Å². The Hall–Kier alpha value is -2.16. The molecule has 0 atom stereocenters. The predicted octanol–water partition coefficient (Wildman–Crippen LogP) is 3.25. The standard InChI is InChI=1S/C17H18IN3O3/c1-3-23-15-10-12(9-14(18)16(15)24-4-2)11-20-21-17(22)13-5-7-19-8-6-13/h5-11H,3-4H2,1-2H3,(H,21,22)/b20-11+. The average molecular weight is 439 g/mol. The lowest BCUT2D eigenvalue weighted by atomic mass is 10.2. The molecule has 0 unspecified atom stereocenters. The van der Waals surface area contributed by atoms with Gasteiger partial charge >= 0.3 is 0 Å². The van der Waals surface area contributed by atoms with Crippen LogP contribution in [-0.2, 0) is 0 Å². The number of hydrogen-bond donors (Lipinski definition) is 1. The molecule has 0 saturated carbocycles. The maximum atomic E-state index is 11.9. The molecule has 24 heavy (non-hydrogen) atoms. The maximum absolute atomic E-state index is 11.9. The van der Waals surface area contributed by atoms with Gasteiger partial charge in [-0.2, -0.15) is 5.10 Å². The molecule has 126 valence electrons. The van der Waals surface area contributed by atoms with Crippen molar-refractivity contribution in [3.8, 4) is 11.5 Å². The van der Waals surface area contributed by atoms with Crippen molar-refractivity contribution in [3.05, 3.63) is 51.4 Å². The zero-order valence-electron chi connectivity index (χ0n) is 13.5. The topological polar surface area (TPSA) is 72.8 Å². The molecule has 1 aromatic carbocycles. The molecule has 0 bridgehead atoms. The van der Waals surface area contributed by atoms with Crippen LogP contribution in [0.15, 0.2) is 41.8 Å². The largest absolute Gasteiger partial charge is 0.490 e. The monoisotopic (exact) mass is 439 g/mol. The predicted molar refractivity (Wildman–Crippen MR) is 101 cm³/mol. The van der Waals surface area contributed by atoms with Crippen molar-refractivity contribution in [2.45, 2.75) is 13.8 Å². The number of nitrogens with one attached hydrogen (secondary N) is 1. The third-order valence-electron chi connectivity index (χ3n) is 2.94. The first kappa shape index (κ1) is 18.2. The molecule has 1 heterocycles. The number of carbonyl (C=O) groups excluding carboxylic acids is 1. The van der Waals surface area contributed by atoms with Crippen LogP contribution in [0.25, 0.3) is 0 Å². The van der Waals surface area contributed by atoms with Crippen LogP contribution in [0, 0.1) is 3.57 Å². The average Bonchev–Trinajstić information content (AvgIpc) is 2.59. The molecular formula is C17H18IN3O3. The number of hydrogen-bond acceptors (Lipinski definition) is 5. The highest BCUT2D eigenvalue weighted by atomic mass is 127. The van der Waals surface area contributed by atoms with Crippen LogP contribution in [0.5, 0.6) is 11.5 Å². The molecule has 0 aliphatic heterocycles. The van der Waals surface area contributed by atoms with Crippen molar-refractivity contribution < 1.29 is 14.3 Å². The highest BCUT2D eigenvalue weighted by Gasteiger charge is 2.11. The number of ether oxygens (including phenoxy) is 2. The van der Waals surface area contributed by atoms with E-state index in [2.05, 4.69) is 38.1 Å². The van der Waals surface area contributed by atoms with Gasteiger partial charge in [-0.25, -0.2) is 5.43 Å². The van der Waals surface area contributed by atoms with Crippen molar-refractivity contribution in [2.75, 3.05) is 13.2 Å². The molecule has 0 aliphatic rings. The molecule has 2 aromatic rings. The number of halogens is 1. The highest BCUT2D eigenvalue weighted by Crippen LogP contribution is 2.33. The normalized spacial score (nSPS) is 10.6.